The zero-order chi connectivity index (χ0) is 19.6. The number of carbonyl (C=O) groups is 2. The summed E-state index contributed by atoms with van der Waals surface area (Å²) in [6.07, 6.45) is 0.732. The predicted molar refractivity (Wildman–Crippen MR) is 102 cm³/mol. The Morgan fingerprint density at radius 2 is 2.07 bits per heavy atom. The van der Waals surface area contributed by atoms with Crippen molar-refractivity contribution in [2.45, 2.75) is 46.7 Å². The van der Waals surface area contributed by atoms with Crippen molar-refractivity contribution in [3.05, 3.63) is 40.7 Å². The molecule has 0 fully saturated rings. The zero-order valence-corrected chi connectivity index (χ0v) is 16.2. The molecule has 1 aliphatic heterocycles. The van der Waals surface area contributed by atoms with Gasteiger partial charge in [-0.3, -0.25) is 4.79 Å². The Morgan fingerprint density at radius 3 is 2.78 bits per heavy atom. The summed E-state index contributed by atoms with van der Waals surface area (Å²) in [5, 5.41) is 14.0. The highest BCUT2D eigenvalue weighted by atomic mass is 16.2. The normalized spacial score (nSPS) is 13.4. The minimum atomic E-state index is -0.221. The van der Waals surface area contributed by atoms with Gasteiger partial charge in [-0.25, -0.2) is 9.48 Å². The van der Waals surface area contributed by atoms with Gasteiger partial charge in [0.15, 0.2) is 5.69 Å². The smallest absolute Gasteiger partial charge is 0.317 e. The minimum absolute atomic E-state index is 0.0341. The van der Waals surface area contributed by atoms with Crippen LogP contribution in [0.2, 0.25) is 0 Å². The lowest BCUT2D eigenvalue weighted by Crippen LogP contribution is -2.42. The molecule has 0 saturated carbocycles. The molecular formula is C19H26N6O2. The van der Waals surface area contributed by atoms with Crippen LogP contribution in [0.15, 0.2) is 18.2 Å². The Bertz CT molecular complexity index is 858. The molecule has 2 heterocycles. The van der Waals surface area contributed by atoms with Gasteiger partial charge in [0.05, 0.1) is 11.4 Å². The summed E-state index contributed by atoms with van der Waals surface area (Å²) < 4.78 is 1.72. The van der Waals surface area contributed by atoms with Gasteiger partial charge in [-0.05, 0) is 51.3 Å². The van der Waals surface area contributed by atoms with Gasteiger partial charge in [-0.2, -0.15) is 0 Å². The Morgan fingerprint density at radius 1 is 1.30 bits per heavy atom. The number of rotatable bonds is 4. The Balaban J connectivity index is 1.90. The third-order valence-electron chi connectivity index (χ3n) is 4.61. The number of carbonyl (C=O) groups excluding carboxylic acids is 2. The van der Waals surface area contributed by atoms with E-state index in [4.69, 9.17) is 0 Å². The number of amides is 3. The first-order valence-corrected chi connectivity index (χ1v) is 9.29. The van der Waals surface area contributed by atoms with E-state index in [1.54, 1.807) is 4.68 Å². The molecule has 0 spiro atoms. The van der Waals surface area contributed by atoms with Crippen molar-refractivity contribution in [2.75, 3.05) is 13.1 Å². The molecule has 0 aliphatic carbocycles. The lowest BCUT2D eigenvalue weighted by Gasteiger charge is -2.30. The number of nitrogens with one attached hydrogen (secondary N) is 2. The number of fused-ring (bicyclic) bond motifs is 1. The Kier molecular flexibility index (Phi) is 5.43. The van der Waals surface area contributed by atoms with Crippen molar-refractivity contribution in [1.29, 1.82) is 0 Å². The fourth-order valence-corrected chi connectivity index (χ4v) is 3.32. The number of benzene rings is 1. The highest BCUT2D eigenvalue weighted by Gasteiger charge is 2.25. The summed E-state index contributed by atoms with van der Waals surface area (Å²) in [7, 11) is 0. The molecule has 27 heavy (non-hydrogen) atoms. The van der Waals surface area contributed by atoms with Crippen molar-refractivity contribution in [1.82, 2.24) is 30.5 Å². The molecule has 0 atom stereocenters. The molecule has 1 aliphatic rings. The third-order valence-corrected chi connectivity index (χ3v) is 4.61. The molecular weight excluding hydrogens is 344 g/mol. The van der Waals surface area contributed by atoms with Gasteiger partial charge < -0.3 is 15.5 Å². The Labute approximate surface area is 158 Å². The molecule has 8 heteroatoms. The second kappa shape index (κ2) is 7.77. The van der Waals surface area contributed by atoms with Crippen LogP contribution in [0, 0.1) is 6.92 Å². The summed E-state index contributed by atoms with van der Waals surface area (Å²) >= 11 is 0. The van der Waals surface area contributed by atoms with Crippen LogP contribution in [0.4, 0.5) is 4.79 Å². The van der Waals surface area contributed by atoms with E-state index in [1.165, 1.54) is 0 Å². The van der Waals surface area contributed by atoms with Crippen LogP contribution in [-0.2, 0) is 13.0 Å². The lowest BCUT2D eigenvalue weighted by molar-refractivity contribution is 0.0937. The highest BCUT2D eigenvalue weighted by Crippen LogP contribution is 2.26. The topological polar surface area (TPSA) is 92.2 Å². The largest absolute Gasteiger partial charge is 0.348 e. The maximum absolute atomic E-state index is 12.3. The predicted octanol–water partition coefficient (Wildman–Crippen LogP) is 1.80. The van der Waals surface area contributed by atoms with Crippen LogP contribution in [0.5, 0.6) is 0 Å². The van der Waals surface area contributed by atoms with E-state index in [0.29, 0.717) is 31.0 Å². The average molecular weight is 370 g/mol. The van der Waals surface area contributed by atoms with E-state index in [2.05, 4.69) is 20.9 Å². The van der Waals surface area contributed by atoms with Crippen molar-refractivity contribution in [3.63, 3.8) is 0 Å². The molecule has 1 aromatic carbocycles. The van der Waals surface area contributed by atoms with Gasteiger partial charge in [-0.15, -0.1) is 5.10 Å². The van der Waals surface area contributed by atoms with Gasteiger partial charge in [0, 0.05) is 25.7 Å². The van der Waals surface area contributed by atoms with Crippen LogP contribution in [0.1, 0.15) is 48.1 Å². The lowest BCUT2D eigenvalue weighted by atomic mass is 9.98. The van der Waals surface area contributed by atoms with E-state index in [-0.39, 0.29) is 18.0 Å². The summed E-state index contributed by atoms with van der Waals surface area (Å²) in [5.41, 5.74) is 4.18. The first-order valence-electron chi connectivity index (χ1n) is 9.29. The van der Waals surface area contributed by atoms with Crippen LogP contribution >= 0.6 is 0 Å². The fourth-order valence-electron chi connectivity index (χ4n) is 3.32. The van der Waals surface area contributed by atoms with Crippen LogP contribution < -0.4 is 10.6 Å². The molecule has 0 radical (unpaired) electrons. The fraction of sp³-hybridized carbons (Fsp3) is 0.474. The van der Waals surface area contributed by atoms with Gasteiger partial charge >= 0.3 is 6.03 Å². The van der Waals surface area contributed by atoms with Crippen molar-refractivity contribution >= 4 is 11.9 Å². The van der Waals surface area contributed by atoms with Crippen LogP contribution in [0.3, 0.4) is 0 Å². The number of hydrogen-bond donors (Lipinski definition) is 2. The first kappa shape index (κ1) is 18.9. The van der Waals surface area contributed by atoms with Crippen LogP contribution in [0.25, 0.3) is 5.69 Å². The van der Waals surface area contributed by atoms with E-state index >= 15 is 0 Å². The zero-order valence-electron chi connectivity index (χ0n) is 16.2. The monoisotopic (exact) mass is 370 g/mol. The van der Waals surface area contributed by atoms with E-state index < -0.39 is 0 Å². The summed E-state index contributed by atoms with van der Waals surface area (Å²) in [6, 6.07) is 5.95. The standard InChI is InChI=1S/C19H26N6O2/c1-5-20-19(27)24-10-9-15-14(11-24)7-6-8-16(15)25-13(4)17(22-23-25)18(26)21-12(2)3/h6-8,12H,5,9-11H2,1-4H3,(H,20,27)(H,21,26). The minimum Gasteiger partial charge on any atom is -0.348 e. The second-order valence-electron chi connectivity index (χ2n) is 6.99. The highest BCUT2D eigenvalue weighted by molar-refractivity contribution is 5.93. The van der Waals surface area contributed by atoms with Gasteiger partial charge in [0.25, 0.3) is 5.91 Å². The molecule has 2 aromatic rings. The van der Waals surface area contributed by atoms with E-state index in [1.807, 2.05) is 50.8 Å². The van der Waals surface area contributed by atoms with Crippen LogP contribution in [-0.4, -0.2) is 51.0 Å². The molecule has 0 bridgehead atoms. The Hall–Kier alpha value is -2.90. The summed E-state index contributed by atoms with van der Waals surface area (Å²) in [4.78, 5) is 26.2. The molecule has 0 saturated heterocycles. The molecule has 1 aromatic heterocycles. The molecule has 3 amide bonds. The number of nitrogens with zero attached hydrogens (tertiary/aromatic N) is 4. The molecule has 0 unspecified atom stereocenters. The summed E-state index contributed by atoms with van der Waals surface area (Å²) in [6.45, 7) is 9.39. The van der Waals surface area contributed by atoms with Crippen molar-refractivity contribution in [2.24, 2.45) is 0 Å². The van der Waals surface area contributed by atoms with Crippen molar-refractivity contribution < 1.29 is 9.59 Å². The average Bonchev–Trinajstić information content (AvgIpc) is 3.01. The quantitative estimate of drug-likeness (QED) is 0.858. The SMILES string of the molecule is CCNC(=O)N1CCc2c(cccc2-n2nnc(C(=O)NC(C)C)c2C)C1. The third kappa shape index (κ3) is 3.79. The summed E-state index contributed by atoms with van der Waals surface area (Å²) in [5.74, 6) is -0.221. The number of hydrogen-bond acceptors (Lipinski definition) is 4. The molecule has 144 valence electrons. The van der Waals surface area contributed by atoms with E-state index in [9.17, 15) is 9.59 Å². The molecule has 3 rings (SSSR count). The van der Waals surface area contributed by atoms with Gasteiger partial charge in [0.2, 0.25) is 0 Å². The maximum Gasteiger partial charge on any atom is 0.317 e. The number of urea groups is 1. The van der Waals surface area contributed by atoms with Crippen molar-refractivity contribution in [3.8, 4) is 5.69 Å². The first-order chi connectivity index (χ1) is 12.9. The second-order valence-corrected chi connectivity index (χ2v) is 6.99. The molecule has 2 N–H and O–H groups in total. The van der Waals surface area contributed by atoms with Gasteiger partial charge in [-0.1, -0.05) is 17.3 Å². The van der Waals surface area contributed by atoms with Gasteiger partial charge in [0.1, 0.15) is 0 Å². The maximum atomic E-state index is 12.3. The number of aromatic nitrogens is 3. The van der Waals surface area contributed by atoms with E-state index in [0.717, 1.165) is 23.2 Å². The molecule has 8 nitrogen and oxygen atoms in total.